The van der Waals surface area contributed by atoms with E-state index < -0.39 is 0 Å². The molecular weight excluding hydrogens is 515 g/mol. The maximum absolute atomic E-state index is 5.66. The topological polar surface area (TPSA) is 65.0 Å². The number of nitrogens with one attached hydrogen (secondary N) is 2. The molecular formula is C24H41IN6O. The monoisotopic (exact) mass is 556 g/mol. The Hall–Kier alpha value is -1.13. The van der Waals surface area contributed by atoms with Crippen molar-refractivity contribution in [3.63, 3.8) is 0 Å². The molecule has 32 heavy (non-hydrogen) atoms. The first-order valence-electron chi connectivity index (χ1n) is 12.3. The molecule has 0 aromatic carbocycles. The number of likely N-dealkylation sites (tertiary alicyclic amines) is 1. The van der Waals surface area contributed by atoms with Gasteiger partial charge in [-0.25, -0.2) is 9.98 Å². The van der Waals surface area contributed by atoms with Gasteiger partial charge >= 0.3 is 0 Å². The average Bonchev–Trinajstić information content (AvgIpc) is 3.45. The molecule has 2 atom stereocenters. The molecule has 1 saturated carbocycles. The predicted octanol–water partition coefficient (Wildman–Crippen LogP) is 3.24. The van der Waals surface area contributed by atoms with E-state index in [0.29, 0.717) is 12.6 Å². The van der Waals surface area contributed by atoms with Gasteiger partial charge in [0, 0.05) is 51.5 Å². The van der Waals surface area contributed by atoms with Crippen LogP contribution in [0.15, 0.2) is 23.3 Å². The first kappa shape index (κ1) is 25.5. The SMILES string of the molecule is CCNC(=NCc1ccnc(N2CCOC(C)C2)c1)NC1CCN(CC2CCCC2)C1.I. The molecule has 3 aliphatic rings. The number of hydrogen-bond donors (Lipinski definition) is 2. The van der Waals surface area contributed by atoms with E-state index >= 15 is 0 Å². The van der Waals surface area contributed by atoms with Crippen LogP contribution in [0.3, 0.4) is 0 Å². The standard InChI is InChI=1S/C24H40N6O.HI/c1-3-25-24(28-22-9-11-29(18-22)17-20-6-4-5-7-20)27-15-21-8-10-26-23(14-21)30-12-13-31-19(2)16-30;/h8,10,14,19-20,22H,3-7,9,11-13,15-18H2,1-2H3,(H2,25,27,28);1H. The van der Waals surface area contributed by atoms with Crippen LogP contribution in [0.5, 0.6) is 0 Å². The number of pyridine rings is 1. The minimum atomic E-state index is 0. The van der Waals surface area contributed by atoms with Gasteiger partial charge in [0.2, 0.25) is 0 Å². The van der Waals surface area contributed by atoms with Crippen molar-refractivity contribution in [2.24, 2.45) is 10.9 Å². The fourth-order valence-electron chi connectivity index (χ4n) is 5.12. The highest BCUT2D eigenvalue weighted by Gasteiger charge is 2.26. The summed E-state index contributed by atoms with van der Waals surface area (Å²) in [5.74, 6) is 2.88. The smallest absolute Gasteiger partial charge is 0.191 e. The summed E-state index contributed by atoms with van der Waals surface area (Å²) < 4.78 is 5.66. The molecule has 8 heteroatoms. The number of nitrogens with zero attached hydrogens (tertiary/aromatic N) is 4. The lowest BCUT2D eigenvalue weighted by atomic mass is 10.1. The van der Waals surface area contributed by atoms with Gasteiger partial charge in [-0.15, -0.1) is 24.0 Å². The Labute approximate surface area is 210 Å². The zero-order valence-electron chi connectivity index (χ0n) is 19.8. The predicted molar refractivity (Wildman–Crippen MR) is 142 cm³/mol. The number of halogens is 1. The molecule has 2 aliphatic heterocycles. The van der Waals surface area contributed by atoms with E-state index in [4.69, 9.17) is 9.73 Å². The van der Waals surface area contributed by atoms with Gasteiger partial charge in [-0.3, -0.25) is 0 Å². The number of hydrogen-bond acceptors (Lipinski definition) is 5. The van der Waals surface area contributed by atoms with E-state index in [-0.39, 0.29) is 30.1 Å². The van der Waals surface area contributed by atoms with Gasteiger partial charge in [0.25, 0.3) is 0 Å². The lowest BCUT2D eigenvalue weighted by Gasteiger charge is -2.32. The van der Waals surface area contributed by atoms with Gasteiger partial charge in [-0.1, -0.05) is 12.8 Å². The van der Waals surface area contributed by atoms with E-state index in [9.17, 15) is 0 Å². The van der Waals surface area contributed by atoms with E-state index in [1.54, 1.807) is 0 Å². The minimum Gasteiger partial charge on any atom is -0.375 e. The molecule has 0 bridgehead atoms. The van der Waals surface area contributed by atoms with Crippen LogP contribution < -0.4 is 15.5 Å². The van der Waals surface area contributed by atoms with Crippen LogP contribution in [-0.4, -0.2) is 73.9 Å². The second kappa shape index (κ2) is 12.9. The summed E-state index contributed by atoms with van der Waals surface area (Å²) in [6.45, 7) is 11.9. The number of aromatic nitrogens is 1. The van der Waals surface area contributed by atoms with Crippen LogP contribution in [-0.2, 0) is 11.3 Å². The summed E-state index contributed by atoms with van der Waals surface area (Å²) in [6.07, 6.45) is 9.06. The summed E-state index contributed by atoms with van der Waals surface area (Å²) in [7, 11) is 0. The van der Waals surface area contributed by atoms with Gasteiger partial charge in [0.15, 0.2) is 5.96 Å². The quantitative estimate of drug-likeness (QED) is 0.306. The third kappa shape index (κ3) is 7.45. The molecule has 4 rings (SSSR count). The Morgan fingerprint density at radius 3 is 2.84 bits per heavy atom. The van der Waals surface area contributed by atoms with E-state index in [2.05, 4.69) is 51.4 Å². The van der Waals surface area contributed by atoms with Crippen molar-refractivity contribution in [1.29, 1.82) is 0 Å². The van der Waals surface area contributed by atoms with E-state index in [0.717, 1.165) is 50.5 Å². The Bertz CT molecular complexity index is 726. The molecule has 2 N–H and O–H groups in total. The maximum atomic E-state index is 5.66. The molecule has 2 saturated heterocycles. The van der Waals surface area contributed by atoms with Crippen LogP contribution in [0.4, 0.5) is 5.82 Å². The van der Waals surface area contributed by atoms with Gasteiger partial charge in [-0.05, 0) is 56.7 Å². The van der Waals surface area contributed by atoms with Crippen molar-refractivity contribution in [2.75, 3.05) is 50.8 Å². The molecule has 0 amide bonds. The molecule has 1 aliphatic carbocycles. The highest BCUT2D eigenvalue weighted by atomic mass is 127. The van der Waals surface area contributed by atoms with Crippen molar-refractivity contribution in [2.45, 2.75) is 64.6 Å². The summed E-state index contributed by atoms with van der Waals surface area (Å²) in [5.41, 5.74) is 1.19. The normalized spacial score (nSPS) is 25.1. The highest BCUT2D eigenvalue weighted by molar-refractivity contribution is 14.0. The number of morpholine rings is 1. The third-order valence-electron chi connectivity index (χ3n) is 6.74. The molecule has 1 aromatic rings. The highest BCUT2D eigenvalue weighted by Crippen LogP contribution is 2.26. The molecule has 0 spiro atoms. The van der Waals surface area contributed by atoms with Crippen molar-refractivity contribution < 1.29 is 4.74 Å². The summed E-state index contributed by atoms with van der Waals surface area (Å²) in [6, 6.07) is 4.73. The number of rotatable bonds is 7. The molecule has 3 heterocycles. The van der Waals surface area contributed by atoms with Crippen molar-refractivity contribution in [3.8, 4) is 0 Å². The van der Waals surface area contributed by atoms with Crippen LogP contribution in [0.25, 0.3) is 0 Å². The van der Waals surface area contributed by atoms with Gasteiger partial charge in [0.1, 0.15) is 5.82 Å². The molecule has 3 fully saturated rings. The van der Waals surface area contributed by atoms with E-state index in [1.807, 2.05) is 6.20 Å². The Morgan fingerprint density at radius 1 is 1.22 bits per heavy atom. The van der Waals surface area contributed by atoms with Crippen LogP contribution in [0, 0.1) is 5.92 Å². The molecule has 0 radical (unpaired) electrons. The minimum absolute atomic E-state index is 0. The maximum Gasteiger partial charge on any atom is 0.191 e. The van der Waals surface area contributed by atoms with Crippen LogP contribution >= 0.6 is 24.0 Å². The Balaban J connectivity index is 0.00000289. The van der Waals surface area contributed by atoms with Gasteiger partial charge in [-0.2, -0.15) is 0 Å². The van der Waals surface area contributed by atoms with Crippen molar-refractivity contribution in [3.05, 3.63) is 23.9 Å². The van der Waals surface area contributed by atoms with Crippen molar-refractivity contribution in [1.82, 2.24) is 20.5 Å². The largest absolute Gasteiger partial charge is 0.375 e. The molecule has 7 nitrogen and oxygen atoms in total. The second-order valence-electron chi connectivity index (χ2n) is 9.38. The van der Waals surface area contributed by atoms with Crippen LogP contribution in [0.1, 0.15) is 51.5 Å². The summed E-state index contributed by atoms with van der Waals surface area (Å²) in [5, 5.41) is 7.11. The fourth-order valence-corrected chi connectivity index (χ4v) is 5.12. The molecule has 2 unspecified atom stereocenters. The fraction of sp³-hybridized carbons (Fsp3) is 0.750. The Kier molecular flexibility index (Phi) is 10.3. The zero-order valence-corrected chi connectivity index (χ0v) is 22.1. The number of guanidine groups is 1. The third-order valence-corrected chi connectivity index (χ3v) is 6.74. The molecule has 180 valence electrons. The van der Waals surface area contributed by atoms with Crippen LogP contribution in [0.2, 0.25) is 0 Å². The number of anilines is 1. The van der Waals surface area contributed by atoms with Gasteiger partial charge in [0.05, 0.1) is 19.3 Å². The van der Waals surface area contributed by atoms with E-state index in [1.165, 1.54) is 50.8 Å². The number of ether oxygens (including phenoxy) is 1. The average molecular weight is 557 g/mol. The molecule has 1 aromatic heterocycles. The van der Waals surface area contributed by atoms with Crippen molar-refractivity contribution >= 4 is 35.8 Å². The lowest BCUT2D eigenvalue weighted by molar-refractivity contribution is 0.0529. The number of aliphatic imine (C=N–C) groups is 1. The lowest BCUT2D eigenvalue weighted by Crippen LogP contribution is -2.44. The second-order valence-corrected chi connectivity index (χ2v) is 9.38. The summed E-state index contributed by atoms with van der Waals surface area (Å²) >= 11 is 0. The first-order chi connectivity index (χ1) is 15.2. The first-order valence-corrected chi connectivity index (χ1v) is 12.3. The Morgan fingerprint density at radius 2 is 2.06 bits per heavy atom. The zero-order chi connectivity index (χ0) is 21.5. The summed E-state index contributed by atoms with van der Waals surface area (Å²) in [4.78, 5) is 14.4. The van der Waals surface area contributed by atoms with Gasteiger partial charge < -0.3 is 25.2 Å².